The third-order valence-electron chi connectivity index (χ3n) is 3.56. The van der Waals surface area contributed by atoms with Gasteiger partial charge < -0.3 is 20.3 Å². The molecule has 0 aliphatic rings. The van der Waals surface area contributed by atoms with Crippen LogP contribution in [0.3, 0.4) is 0 Å². The number of aromatic carboxylic acids is 1. The van der Waals surface area contributed by atoms with Gasteiger partial charge in [-0.05, 0) is 31.5 Å². The molecule has 0 saturated carbocycles. The van der Waals surface area contributed by atoms with Gasteiger partial charge in [-0.3, -0.25) is 0 Å². The number of carboxylic acid groups (broad SMARTS) is 1. The number of hydrogen-bond acceptors (Lipinski definition) is 3. The van der Waals surface area contributed by atoms with Crippen LogP contribution < -0.4 is 10.6 Å². The molecule has 2 rings (SSSR count). The van der Waals surface area contributed by atoms with Crippen molar-refractivity contribution >= 4 is 23.0 Å². The molecule has 1 aromatic carbocycles. The van der Waals surface area contributed by atoms with E-state index in [1.807, 2.05) is 18.4 Å². The summed E-state index contributed by atoms with van der Waals surface area (Å²) in [6.07, 6.45) is 1.48. The second-order valence-electron chi connectivity index (χ2n) is 5.21. The van der Waals surface area contributed by atoms with Gasteiger partial charge >= 0.3 is 12.0 Å². The quantitative estimate of drug-likeness (QED) is 0.727. The minimum atomic E-state index is -0.964. The molecular formula is C16H22N4O3. The number of aromatic nitrogens is 2. The number of carbonyl (C=O) groups excluding carboxylic acids is 1. The highest BCUT2D eigenvalue weighted by molar-refractivity contribution is 5.92. The predicted octanol–water partition coefficient (Wildman–Crippen LogP) is 2.01. The Labute approximate surface area is 134 Å². The summed E-state index contributed by atoms with van der Waals surface area (Å²) in [4.78, 5) is 27.1. The normalized spacial score (nSPS) is 10.7. The van der Waals surface area contributed by atoms with Gasteiger partial charge in [-0.2, -0.15) is 0 Å². The minimum absolute atomic E-state index is 0.181. The molecule has 0 radical (unpaired) electrons. The highest BCUT2D eigenvalue weighted by Gasteiger charge is 2.12. The molecule has 0 aliphatic carbocycles. The summed E-state index contributed by atoms with van der Waals surface area (Å²) in [5, 5.41) is 14.6. The number of nitrogens with one attached hydrogen (secondary N) is 2. The molecule has 0 atom stereocenters. The van der Waals surface area contributed by atoms with Crippen molar-refractivity contribution in [3.05, 3.63) is 29.6 Å². The maximum absolute atomic E-state index is 11.5. The van der Waals surface area contributed by atoms with E-state index in [2.05, 4.69) is 15.6 Å². The third-order valence-corrected chi connectivity index (χ3v) is 3.56. The highest BCUT2D eigenvalue weighted by atomic mass is 16.4. The molecule has 0 bridgehead atoms. The van der Waals surface area contributed by atoms with Crippen LogP contribution in [0.5, 0.6) is 0 Å². The lowest BCUT2D eigenvalue weighted by Gasteiger charge is -2.08. The van der Waals surface area contributed by atoms with Crippen molar-refractivity contribution in [1.82, 2.24) is 20.2 Å². The van der Waals surface area contributed by atoms with Crippen molar-refractivity contribution in [3.63, 3.8) is 0 Å². The zero-order chi connectivity index (χ0) is 16.8. The van der Waals surface area contributed by atoms with E-state index in [1.54, 1.807) is 18.2 Å². The fourth-order valence-corrected chi connectivity index (χ4v) is 2.45. The summed E-state index contributed by atoms with van der Waals surface area (Å²) in [5.41, 5.74) is 1.79. The molecule has 7 nitrogen and oxygen atoms in total. The average Bonchev–Trinajstić information content (AvgIpc) is 2.89. The summed E-state index contributed by atoms with van der Waals surface area (Å²) in [6, 6.07) is 4.76. The standard InChI is InChI=1S/C16H22N4O3/c1-3-8-17-16(23)18-9-7-14-19-12-10-11(15(21)22)5-6-13(12)20(14)4-2/h5-6,10H,3-4,7-9H2,1-2H3,(H,21,22)(H2,17,18,23). The van der Waals surface area contributed by atoms with E-state index in [0.29, 0.717) is 25.0 Å². The summed E-state index contributed by atoms with van der Waals surface area (Å²) < 4.78 is 2.03. The van der Waals surface area contributed by atoms with E-state index in [-0.39, 0.29) is 11.6 Å². The van der Waals surface area contributed by atoms with Crippen molar-refractivity contribution < 1.29 is 14.7 Å². The average molecular weight is 318 g/mol. The number of rotatable bonds is 7. The van der Waals surface area contributed by atoms with Gasteiger partial charge in [0.15, 0.2) is 0 Å². The molecule has 23 heavy (non-hydrogen) atoms. The third kappa shape index (κ3) is 4.00. The van der Waals surface area contributed by atoms with Crippen LogP contribution in [0.1, 0.15) is 36.5 Å². The lowest BCUT2D eigenvalue weighted by atomic mass is 10.2. The van der Waals surface area contributed by atoms with E-state index in [0.717, 1.165) is 24.3 Å². The van der Waals surface area contributed by atoms with E-state index < -0.39 is 5.97 Å². The number of nitrogens with zero attached hydrogens (tertiary/aromatic N) is 2. The molecule has 0 aliphatic heterocycles. The number of amides is 2. The summed E-state index contributed by atoms with van der Waals surface area (Å²) in [6.45, 7) is 5.87. The lowest BCUT2D eigenvalue weighted by molar-refractivity contribution is 0.0697. The number of carbonyl (C=O) groups is 2. The van der Waals surface area contributed by atoms with Crippen LogP contribution in [0.2, 0.25) is 0 Å². The SMILES string of the molecule is CCCNC(=O)NCCc1nc2cc(C(=O)O)ccc2n1CC. The van der Waals surface area contributed by atoms with Gasteiger partial charge in [0.25, 0.3) is 0 Å². The van der Waals surface area contributed by atoms with Crippen LogP contribution in [0.25, 0.3) is 11.0 Å². The molecule has 0 spiro atoms. The summed E-state index contributed by atoms with van der Waals surface area (Å²) >= 11 is 0. The number of urea groups is 1. The lowest BCUT2D eigenvalue weighted by Crippen LogP contribution is -2.37. The molecule has 0 saturated heterocycles. The van der Waals surface area contributed by atoms with Crippen LogP contribution in [-0.2, 0) is 13.0 Å². The first-order chi connectivity index (χ1) is 11.1. The summed E-state index contributed by atoms with van der Waals surface area (Å²) in [5.74, 6) is -0.130. The van der Waals surface area contributed by atoms with Gasteiger partial charge in [0.05, 0.1) is 16.6 Å². The largest absolute Gasteiger partial charge is 0.478 e. The van der Waals surface area contributed by atoms with E-state index >= 15 is 0 Å². The van der Waals surface area contributed by atoms with Crippen molar-refractivity contribution in [2.24, 2.45) is 0 Å². The van der Waals surface area contributed by atoms with Crippen LogP contribution >= 0.6 is 0 Å². The Hall–Kier alpha value is -2.57. The van der Waals surface area contributed by atoms with E-state index in [1.165, 1.54) is 0 Å². The maximum Gasteiger partial charge on any atom is 0.335 e. The Morgan fingerprint density at radius 1 is 1.22 bits per heavy atom. The zero-order valence-electron chi connectivity index (χ0n) is 13.4. The molecule has 0 fully saturated rings. The second-order valence-corrected chi connectivity index (χ2v) is 5.21. The fraction of sp³-hybridized carbons (Fsp3) is 0.438. The van der Waals surface area contributed by atoms with Gasteiger partial charge in [0, 0.05) is 26.1 Å². The Balaban J connectivity index is 2.10. The maximum atomic E-state index is 11.5. The first-order valence-corrected chi connectivity index (χ1v) is 7.81. The molecule has 3 N–H and O–H groups in total. The summed E-state index contributed by atoms with van der Waals surface area (Å²) in [7, 11) is 0. The van der Waals surface area contributed by atoms with E-state index in [9.17, 15) is 9.59 Å². The number of benzene rings is 1. The first kappa shape index (κ1) is 16.8. The van der Waals surface area contributed by atoms with Crippen LogP contribution in [-0.4, -0.2) is 39.7 Å². The molecule has 7 heteroatoms. The Morgan fingerprint density at radius 3 is 2.61 bits per heavy atom. The van der Waals surface area contributed by atoms with Crippen LogP contribution in [0, 0.1) is 0 Å². The Kier molecular flexibility index (Phi) is 5.56. The van der Waals surface area contributed by atoms with Gasteiger partial charge in [0.2, 0.25) is 0 Å². The van der Waals surface area contributed by atoms with Crippen LogP contribution in [0.15, 0.2) is 18.2 Å². The topological polar surface area (TPSA) is 96.2 Å². The highest BCUT2D eigenvalue weighted by Crippen LogP contribution is 2.18. The smallest absolute Gasteiger partial charge is 0.335 e. The second kappa shape index (κ2) is 7.62. The molecule has 0 unspecified atom stereocenters. The van der Waals surface area contributed by atoms with Crippen molar-refractivity contribution in [3.8, 4) is 0 Å². The molecule has 124 valence electrons. The van der Waals surface area contributed by atoms with Gasteiger partial charge in [-0.25, -0.2) is 14.6 Å². The van der Waals surface area contributed by atoms with Crippen molar-refractivity contribution in [2.45, 2.75) is 33.2 Å². The first-order valence-electron chi connectivity index (χ1n) is 7.81. The minimum Gasteiger partial charge on any atom is -0.478 e. The molecule has 1 heterocycles. The molecule has 2 aromatic rings. The molecule has 1 aromatic heterocycles. The number of aryl methyl sites for hydroxylation is 1. The Bertz CT molecular complexity index is 709. The molecule has 2 amide bonds. The monoisotopic (exact) mass is 318 g/mol. The molecular weight excluding hydrogens is 296 g/mol. The number of fused-ring (bicyclic) bond motifs is 1. The Morgan fingerprint density at radius 2 is 1.96 bits per heavy atom. The fourth-order valence-electron chi connectivity index (χ4n) is 2.45. The zero-order valence-corrected chi connectivity index (χ0v) is 13.4. The van der Waals surface area contributed by atoms with Gasteiger partial charge in [0.1, 0.15) is 5.82 Å². The van der Waals surface area contributed by atoms with Crippen LogP contribution in [0.4, 0.5) is 4.79 Å². The van der Waals surface area contributed by atoms with Crippen molar-refractivity contribution in [2.75, 3.05) is 13.1 Å². The number of carboxylic acids is 1. The van der Waals surface area contributed by atoms with Gasteiger partial charge in [-0.1, -0.05) is 6.92 Å². The predicted molar refractivity (Wildman–Crippen MR) is 87.8 cm³/mol. The number of imidazole rings is 1. The van der Waals surface area contributed by atoms with Gasteiger partial charge in [-0.15, -0.1) is 0 Å². The van der Waals surface area contributed by atoms with Crippen molar-refractivity contribution in [1.29, 1.82) is 0 Å². The number of hydrogen-bond donors (Lipinski definition) is 3. The van der Waals surface area contributed by atoms with E-state index in [4.69, 9.17) is 5.11 Å².